The zero-order valence-electron chi connectivity index (χ0n) is 17.3. The molecule has 2 heterocycles. The highest BCUT2D eigenvalue weighted by Crippen LogP contribution is 2.31. The molecule has 0 aromatic rings. The third kappa shape index (κ3) is 6.79. The summed E-state index contributed by atoms with van der Waals surface area (Å²) in [6, 6.07) is 0. The molecule has 2 saturated heterocycles. The first-order valence-corrected chi connectivity index (χ1v) is 10.2. The normalized spacial score (nSPS) is 24.4. The number of ether oxygens (including phenoxy) is 2. The Bertz CT molecular complexity index is 370. The zero-order chi connectivity index (χ0) is 18.3. The number of likely N-dealkylation sites (tertiary alicyclic amines) is 1. The number of rotatable bonds is 9. The van der Waals surface area contributed by atoms with Crippen LogP contribution in [0, 0.1) is 5.92 Å². The van der Waals surface area contributed by atoms with Gasteiger partial charge in [-0.1, -0.05) is 0 Å². The molecule has 25 heavy (non-hydrogen) atoms. The number of nitrogens with zero attached hydrogens (tertiary/aromatic N) is 3. The Morgan fingerprint density at radius 3 is 2.52 bits per heavy atom. The highest BCUT2D eigenvalue weighted by atomic mass is 16.5. The van der Waals surface area contributed by atoms with E-state index in [1.54, 1.807) is 0 Å². The molecule has 2 fully saturated rings. The van der Waals surface area contributed by atoms with E-state index in [1.807, 2.05) is 0 Å². The van der Waals surface area contributed by atoms with Crippen LogP contribution >= 0.6 is 0 Å². The van der Waals surface area contributed by atoms with E-state index >= 15 is 0 Å². The lowest BCUT2D eigenvalue weighted by Gasteiger charge is -2.47. The van der Waals surface area contributed by atoms with Crippen LogP contribution in [0.1, 0.15) is 40.5 Å². The van der Waals surface area contributed by atoms with Crippen molar-refractivity contribution in [3.63, 3.8) is 0 Å². The van der Waals surface area contributed by atoms with Gasteiger partial charge >= 0.3 is 0 Å². The minimum atomic E-state index is 0.240. The first-order valence-electron chi connectivity index (χ1n) is 10.2. The van der Waals surface area contributed by atoms with E-state index < -0.39 is 0 Å². The summed E-state index contributed by atoms with van der Waals surface area (Å²) >= 11 is 0. The van der Waals surface area contributed by atoms with E-state index in [2.05, 4.69) is 49.4 Å². The second-order valence-corrected chi connectivity index (χ2v) is 8.59. The third-order valence-electron chi connectivity index (χ3n) is 6.20. The smallest absolute Gasteiger partial charge is 0.0596 e. The fourth-order valence-corrected chi connectivity index (χ4v) is 3.97. The van der Waals surface area contributed by atoms with Crippen LogP contribution in [-0.4, -0.2) is 99.0 Å². The quantitative estimate of drug-likeness (QED) is 0.632. The van der Waals surface area contributed by atoms with Gasteiger partial charge in [0.25, 0.3) is 0 Å². The summed E-state index contributed by atoms with van der Waals surface area (Å²) in [4.78, 5) is 7.72. The molecule has 5 nitrogen and oxygen atoms in total. The molecule has 2 aliphatic rings. The number of hydrogen-bond acceptors (Lipinski definition) is 5. The Morgan fingerprint density at radius 1 is 1.12 bits per heavy atom. The van der Waals surface area contributed by atoms with Gasteiger partial charge in [-0.15, -0.1) is 0 Å². The highest BCUT2D eigenvalue weighted by Gasteiger charge is 2.36. The number of morpholine rings is 1. The second-order valence-electron chi connectivity index (χ2n) is 8.59. The minimum absolute atomic E-state index is 0.240. The summed E-state index contributed by atoms with van der Waals surface area (Å²) in [5, 5.41) is 0. The summed E-state index contributed by atoms with van der Waals surface area (Å²) in [5.41, 5.74) is 0.240. The average molecular weight is 356 g/mol. The van der Waals surface area contributed by atoms with Gasteiger partial charge in [0.2, 0.25) is 0 Å². The van der Waals surface area contributed by atoms with Crippen molar-refractivity contribution < 1.29 is 9.47 Å². The van der Waals surface area contributed by atoms with Gasteiger partial charge in [-0.3, -0.25) is 9.80 Å². The molecule has 0 spiro atoms. The SMILES string of the molecule is CC(C)OCCN1CCCC(C(C)(C)N(C)CCN2CCOCC2)C1. The van der Waals surface area contributed by atoms with Crippen LogP contribution in [0.4, 0.5) is 0 Å². The predicted octanol–water partition coefficient (Wildman–Crippen LogP) is 2.17. The van der Waals surface area contributed by atoms with Crippen molar-refractivity contribution in [1.82, 2.24) is 14.7 Å². The first-order chi connectivity index (χ1) is 11.9. The third-order valence-corrected chi connectivity index (χ3v) is 6.20. The molecule has 0 amide bonds. The maximum atomic E-state index is 5.75. The van der Waals surface area contributed by atoms with Crippen molar-refractivity contribution in [2.45, 2.75) is 52.2 Å². The van der Waals surface area contributed by atoms with Crippen LogP contribution in [0.15, 0.2) is 0 Å². The van der Waals surface area contributed by atoms with Crippen molar-refractivity contribution in [2.75, 3.05) is 72.7 Å². The van der Waals surface area contributed by atoms with Gasteiger partial charge in [-0.05, 0) is 60.0 Å². The van der Waals surface area contributed by atoms with Crippen molar-refractivity contribution in [2.24, 2.45) is 5.92 Å². The van der Waals surface area contributed by atoms with Gasteiger partial charge in [0.1, 0.15) is 0 Å². The molecular formula is C20H41N3O2. The first kappa shape index (κ1) is 21.1. The number of likely N-dealkylation sites (N-methyl/N-ethyl adjacent to an activating group) is 1. The lowest BCUT2D eigenvalue weighted by molar-refractivity contribution is 0.00179. The molecule has 2 rings (SSSR count). The van der Waals surface area contributed by atoms with E-state index in [0.717, 1.165) is 58.5 Å². The lowest BCUT2D eigenvalue weighted by atomic mass is 9.80. The lowest BCUT2D eigenvalue weighted by Crippen LogP contribution is -2.55. The van der Waals surface area contributed by atoms with Gasteiger partial charge in [0, 0.05) is 44.8 Å². The fraction of sp³-hybridized carbons (Fsp3) is 1.00. The van der Waals surface area contributed by atoms with Crippen molar-refractivity contribution in [1.29, 1.82) is 0 Å². The Labute approximate surface area is 155 Å². The Kier molecular flexibility index (Phi) is 8.62. The fourth-order valence-electron chi connectivity index (χ4n) is 3.97. The molecule has 0 aromatic carbocycles. The largest absolute Gasteiger partial charge is 0.379 e. The van der Waals surface area contributed by atoms with Crippen LogP contribution in [0.3, 0.4) is 0 Å². The monoisotopic (exact) mass is 355 g/mol. The molecule has 148 valence electrons. The summed E-state index contributed by atoms with van der Waals surface area (Å²) in [6.07, 6.45) is 2.99. The molecule has 0 saturated carbocycles. The summed E-state index contributed by atoms with van der Waals surface area (Å²) in [6.45, 7) is 19.7. The second kappa shape index (κ2) is 10.2. The van der Waals surface area contributed by atoms with Crippen molar-refractivity contribution in [3.05, 3.63) is 0 Å². The number of piperidine rings is 1. The van der Waals surface area contributed by atoms with Gasteiger partial charge in [0.05, 0.1) is 25.9 Å². The van der Waals surface area contributed by atoms with Crippen LogP contribution in [0.5, 0.6) is 0 Å². The topological polar surface area (TPSA) is 28.2 Å². The Morgan fingerprint density at radius 2 is 1.84 bits per heavy atom. The van der Waals surface area contributed by atoms with E-state index in [-0.39, 0.29) is 5.54 Å². The average Bonchev–Trinajstić information content (AvgIpc) is 2.60. The standard InChI is InChI=1S/C20H41N3O2/c1-18(2)25-16-13-23-8-6-7-19(17-23)20(3,4)21(5)9-10-22-11-14-24-15-12-22/h18-19H,6-17H2,1-5H3. The number of hydrogen-bond donors (Lipinski definition) is 0. The highest BCUT2D eigenvalue weighted by molar-refractivity contribution is 4.91. The summed E-state index contributed by atoms with van der Waals surface area (Å²) < 4.78 is 11.2. The molecule has 2 aliphatic heterocycles. The maximum Gasteiger partial charge on any atom is 0.0596 e. The van der Waals surface area contributed by atoms with Crippen LogP contribution in [-0.2, 0) is 9.47 Å². The van der Waals surface area contributed by atoms with E-state index in [0.29, 0.717) is 6.10 Å². The zero-order valence-corrected chi connectivity index (χ0v) is 17.3. The molecule has 0 aromatic heterocycles. The molecule has 1 unspecified atom stereocenters. The molecule has 0 N–H and O–H groups in total. The van der Waals surface area contributed by atoms with Crippen LogP contribution < -0.4 is 0 Å². The van der Waals surface area contributed by atoms with Crippen LogP contribution in [0.2, 0.25) is 0 Å². The molecule has 1 atom stereocenters. The van der Waals surface area contributed by atoms with Gasteiger partial charge in [0.15, 0.2) is 0 Å². The molecular weight excluding hydrogens is 314 g/mol. The van der Waals surface area contributed by atoms with E-state index in [1.165, 1.54) is 25.9 Å². The maximum absolute atomic E-state index is 5.75. The summed E-state index contributed by atoms with van der Waals surface area (Å²) in [5.74, 6) is 0.731. The van der Waals surface area contributed by atoms with Crippen molar-refractivity contribution >= 4 is 0 Å². The van der Waals surface area contributed by atoms with Gasteiger partial charge in [-0.25, -0.2) is 0 Å². The van der Waals surface area contributed by atoms with Crippen LogP contribution in [0.25, 0.3) is 0 Å². The summed E-state index contributed by atoms with van der Waals surface area (Å²) in [7, 11) is 2.31. The van der Waals surface area contributed by atoms with Crippen molar-refractivity contribution in [3.8, 4) is 0 Å². The molecule has 0 radical (unpaired) electrons. The van der Waals surface area contributed by atoms with E-state index in [4.69, 9.17) is 9.47 Å². The molecule has 5 heteroatoms. The molecule has 0 aliphatic carbocycles. The Hall–Kier alpha value is -0.200. The minimum Gasteiger partial charge on any atom is -0.379 e. The van der Waals surface area contributed by atoms with E-state index in [9.17, 15) is 0 Å². The predicted molar refractivity (Wildman–Crippen MR) is 104 cm³/mol. The Balaban J connectivity index is 1.77. The molecule has 0 bridgehead atoms. The van der Waals surface area contributed by atoms with Gasteiger partial charge < -0.3 is 14.4 Å². The van der Waals surface area contributed by atoms with Gasteiger partial charge in [-0.2, -0.15) is 0 Å².